The van der Waals surface area contributed by atoms with Crippen LogP contribution in [-0.4, -0.2) is 17.2 Å². The van der Waals surface area contributed by atoms with E-state index in [1.807, 2.05) is 0 Å². The van der Waals surface area contributed by atoms with Crippen LogP contribution >= 0.6 is 0 Å². The molecule has 0 spiro atoms. The smallest absolute Gasteiger partial charge is 0.169 e. The molecule has 0 saturated heterocycles. The summed E-state index contributed by atoms with van der Waals surface area (Å²) in [6.07, 6.45) is 1.45. The fraction of sp³-hybridized carbons (Fsp3) is 0.0435. The number of hydrogen-bond acceptors (Lipinski definition) is 7. The number of nitrogens with one attached hydrogen (secondary N) is 1. The Hall–Kier alpha value is -4.51. The molecule has 1 aromatic heterocycles. The van der Waals surface area contributed by atoms with E-state index in [0.717, 1.165) is 0 Å². The van der Waals surface area contributed by atoms with Gasteiger partial charge in [0, 0.05) is 35.5 Å². The third-order valence-electron chi connectivity index (χ3n) is 4.59. The number of nitrogen functional groups attached to an aromatic ring is 1. The Morgan fingerprint density at radius 3 is 2.68 bits per heavy atom. The van der Waals surface area contributed by atoms with Gasteiger partial charge in [-0.1, -0.05) is 6.07 Å². The predicted octanol–water partition coefficient (Wildman–Crippen LogP) is 5.08. The summed E-state index contributed by atoms with van der Waals surface area (Å²) in [6.45, 7) is 0. The number of nitrogens with two attached hydrogens (primary N) is 1. The SMILES string of the molecule is COc1cc2ncc(C#N)c(Nc3ccc(Oc4cccc(F)c4)c(O)c3)c2cc1N. The number of phenolic OH excluding ortho intramolecular Hbond substituents is 1. The first-order valence-corrected chi connectivity index (χ1v) is 9.18. The number of fused-ring (bicyclic) bond motifs is 1. The molecule has 0 amide bonds. The number of phenols is 1. The summed E-state index contributed by atoms with van der Waals surface area (Å²) in [6, 6.07) is 15.7. The van der Waals surface area contributed by atoms with Gasteiger partial charge in [-0.05, 0) is 30.3 Å². The molecule has 0 bridgehead atoms. The summed E-state index contributed by atoms with van der Waals surface area (Å²) in [7, 11) is 1.51. The minimum absolute atomic E-state index is 0.158. The van der Waals surface area contributed by atoms with E-state index in [0.29, 0.717) is 39.3 Å². The van der Waals surface area contributed by atoms with Crippen molar-refractivity contribution >= 4 is 28.0 Å². The lowest BCUT2D eigenvalue weighted by Crippen LogP contribution is -1.99. The minimum atomic E-state index is -0.445. The molecule has 0 aliphatic carbocycles. The van der Waals surface area contributed by atoms with Crippen molar-refractivity contribution in [3.8, 4) is 29.1 Å². The van der Waals surface area contributed by atoms with Gasteiger partial charge in [-0.25, -0.2) is 4.39 Å². The molecule has 31 heavy (non-hydrogen) atoms. The van der Waals surface area contributed by atoms with E-state index in [9.17, 15) is 14.8 Å². The van der Waals surface area contributed by atoms with Crippen LogP contribution in [0.4, 0.5) is 21.5 Å². The second-order valence-corrected chi connectivity index (χ2v) is 6.64. The zero-order chi connectivity index (χ0) is 22.0. The zero-order valence-corrected chi connectivity index (χ0v) is 16.4. The highest BCUT2D eigenvalue weighted by molar-refractivity contribution is 5.98. The normalized spacial score (nSPS) is 10.5. The van der Waals surface area contributed by atoms with Crippen LogP contribution in [0.15, 0.2) is 60.8 Å². The number of ether oxygens (including phenoxy) is 2. The van der Waals surface area contributed by atoms with E-state index in [1.54, 1.807) is 24.3 Å². The standard InChI is InChI=1S/C23H17FN4O3/c1-30-22-10-19-17(9-18(22)26)23(13(11-25)12-27-19)28-15-5-6-21(20(29)8-15)31-16-4-2-3-14(24)7-16/h2-10,12,29H,26H2,1H3,(H,27,28). The summed E-state index contributed by atoms with van der Waals surface area (Å²) in [5.41, 5.74) is 8.31. The molecule has 0 unspecified atom stereocenters. The van der Waals surface area contributed by atoms with Crippen molar-refractivity contribution in [2.75, 3.05) is 18.2 Å². The van der Waals surface area contributed by atoms with Crippen molar-refractivity contribution in [3.05, 3.63) is 72.2 Å². The van der Waals surface area contributed by atoms with Crippen LogP contribution in [0.5, 0.6) is 23.0 Å². The Morgan fingerprint density at radius 1 is 1.13 bits per heavy atom. The number of nitriles is 1. The van der Waals surface area contributed by atoms with Crippen LogP contribution in [0.1, 0.15) is 5.56 Å². The van der Waals surface area contributed by atoms with Crippen LogP contribution in [-0.2, 0) is 0 Å². The molecule has 8 heteroatoms. The number of halogens is 1. The highest BCUT2D eigenvalue weighted by atomic mass is 19.1. The van der Waals surface area contributed by atoms with Gasteiger partial charge in [-0.2, -0.15) is 5.26 Å². The van der Waals surface area contributed by atoms with Crippen molar-refractivity contribution in [2.24, 2.45) is 0 Å². The molecule has 7 nitrogen and oxygen atoms in total. The number of rotatable bonds is 5. The number of aromatic nitrogens is 1. The highest BCUT2D eigenvalue weighted by Crippen LogP contribution is 2.37. The van der Waals surface area contributed by atoms with Gasteiger partial charge in [0.05, 0.1) is 29.6 Å². The number of hydrogen-bond donors (Lipinski definition) is 3. The van der Waals surface area contributed by atoms with Crippen LogP contribution in [0.2, 0.25) is 0 Å². The number of benzene rings is 3. The molecule has 0 aliphatic heterocycles. The first-order valence-electron chi connectivity index (χ1n) is 9.18. The molecular formula is C23H17FN4O3. The van der Waals surface area contributed by atoms with E-state index in [-0.39, 0.29) is 17.2 Å². The van der Waals surface area contributed by atoms with Gasteiger partial charge in [-0.15, -0.1) is 0 Å². The molecule has 4 N–H and O–H groups in total. The fourth-order valence-corrected chi connectivity index (χ4v) is 3.12. The van der Waals surface area contributed by atoms with Gasteiger partial charge in [-0.3, -0.25) is 4.98 Å². The lowest BCUT2D eigenvalue weighted by molar-refractivity contribution is 0.410. The largest absolute Gasteiger partial charge is 0.504 e. The van der Waals surface area contributed by atoms with Crippen molar-refractivity contribution in [3.63, 3.8) is 0 Å². The molecule has 3 aromatic carbocycles. The lowest BCUT2D eigenvalue weighted by atomic mass is 10.1. The van der Waals surface area contributed by atoms with E-state index in [1.165, 1.54) is 43.6 Å². The maximum absolute atomic E-state index is 13.4. The fourth-order valence-electron chi connectivity index (χ4n) is 3.12. The van der Waals surface area contributed by atoms with Crippen LogP contribution < -0.4 is 20.5 Å². The Bertz CT molecular complexity index is 1330. The van der Waals surface area contributed by atoms with Crippen molar-refractivity contribution in [1.29, 1.82) is 5.26 Å². The van der Waals surface area contributed by atoms with Gasteiger partial charge < -0.3 is 25.6 Å². The maximum Gasteiger partial charge on any atom is 0.169 e. The summed E-state index contributed by atoms with van der Waals surface area (Å²) >= 11 is 0. The first-order chi connectivity index (χ1) is 15.0. The van der Waals surface area contributed by atoms with Gasteiger partial charge in [0.15, 0.2) is 11.5 Å². The van der Waals surface area contributed by atoms with E-state index < -0.39 is 5.82 Å². The number of methoxy groups -OCH3 is 1. The monoisotopic (exact) mass is 416 g/mol. The molecule has 0 saturated carbocycles. The summed E-state index contributed by atoms with van der Waals surface area (Å²) in [4.78, 5) is 4.29. The second kappa shape index (κ2) is 8.08. The van der Waals surface area contributed by atoms with E-state index in [4.69, 9.17) is 15.2 Å². The third-order valence-corrected chi connectivity index (χ3v) is 4.59. The van der Waals surface area contributed by atoms with Crippen LogP contribution in [0.3, 0.4) is 0 Å². The first kappa shape index (κ1) is 19.8. The Morgan fingerprint density at radius 2 is 1.97 bits per heavy atom. The quantitative estimate of drug-likeness (QED) is 0.389. The third kappa shape index (κ3) is 3.97. The van der Waals surface area contributed by atoms with Crippen LogP contribution in [0.25, 0.3) is 10.9 Å². The Balaban J connectivity index is 1.69. The van der Waals surface area contributed by atoms with Crippen molar-refractivity contribution < 1.29 is 19.0 Å². The molecule has 1 heterocycles. The molecule has 0 atom stereocenters. The van der Waals surface area contributed by atoms with Gasteiger partial charge in [0.1, 0.15) is 23.4 Å². The van der Waals surface area contributed by atoms with E-state index in [2.05, 4.69) is 16.4 Å². The summed E-state index contributed by atoms with van der Waals surface area (Å²) < 4.78 is 24.1. The topological polar surface area (TPSA) is 113 Å². The van der Waals surface area contributed by atoms with Crippen molar-refractivity contribution in [1.82, 2.24) is 4.98 Å². The van der Waals surface area contributed by atoms with E-state index >= 15 is 0 Å². The minimum Gasteiger partial charge on any atom is -0.504 e. The molecular weight excluding hydrogens is 399 g/mol. The van der Waals surface area contributed by atoms with Gasteiger partial charge >= 0.3 is 0 Å². The maximum atomic E-state index is 13.4. The summed E-state index contributed by atoms with van der Waals surface area (Å²) in [5.74, 6) is 0.289. The molecule has 4 rings (SSSR count). The molecule has 0 fully saturated rings. The molecule has 4 aromatic rings. The summed E-state index contributed by atoms with van der Waals surface area (Å²) in [5, 5.41) is 23.7. The molecule has 0 radical (unpaired) electrons. The number of aromatic hydroxyl groups is 1. The van der Waals surface area contributed by atoms with Crippen LogP contribution in [0, 0.1) is 17.1 Å². The van der Waals surface area contributed by atoms with Gasteiger partial charge in [0.2, 0.25) is 0 Å². The average molecular weight is 416 g/mol. The van der Waals surface area contributed by atoms with Crippen molar-refractivity contribution in [2.45, 2.75) is 0 Å². The lowest BCUT2D eigenvalue weighted by Gasteiger charge is -2.14. The number of pyridine rings is 1. The Kier molecular flexibility index (Phi) is 5.16. The number of nitrogens with zero attached hydrogens (tertiary/aromatic N) is 2. The second-order valence-electron chi connectivity index (χ2n) is 6.64. The molecule has 154 valence electrons. The average Bonchev–Trinajstić information content (AvgIpc) is 2.75. The number of anilines is 3. The van der Waals surface area contributed by atoms with Gasteiger partial charge in [0.25, 0.3) is 0 Å². The molecule has 0 aliphatic rings. The highest BCUT2D eigenvalue weighted by Gasteiger charge is 2.14. The zero-order valence-electron chi connectivity index (χ0n) is 16.4. The predicted molar refractivity (Wildman–Crippen MR) is 115 cm³/mol. The Labute approximate surface area is 177 Å².